The van der Waals surface area contributed by atoms with Crippen molar-refractivity contribution in [2.24, 2.45) is 0 Å². The van der Waals surface area contributed by atoms with Gasteiger partial charge in [0.2, 0.25) is 0 Å². The number of aromatic nitrogens is 1. The standard InChI is InChI=1S/C16H19N3OS/c1-16(2,3)14-13(21-15(18)19-14)8-11-6-5-10(9-17)7-12(11)20-4/h5-7H,8H2,1-4H3,(H2,18,19). The van der Waals surface area contributed by atoms with Gasteiger partial charge in [-0.1, -0.05) is 26.8 Å². The number of thiazole rings is 1. The fourth-order valence-corrected chi connectivity index (χ4v) is 3.27. The number of methoxy groups -OCH3 is 1. The van der Waals surface area contributed by atoms with E-state index in [1.807, 2.05) is 6.07 Å². The second-order valence-electron chi connectivity index (χ2n) is 5.89. The minimum Gasteiger partial charge on any atom is -0.496 e. The maximum absolute atomic E-state index is 8.96. The lowest BCUT2D eigenvalue weighted by Crippen LogP contribution is -2.14. The summed E-state index contributed by atoms with van der Waals surface area (Å²) in [5.74, 6) is 0.723. The maximum Gasteiger partial charge on any atom is 0.180 e. The zero-order chi connectivity index (χ0) is 15.6. The predicted octanol–water partition coefficient (Wildman–Crippen LogP) is 3.49. The molecule has 4 nitrogen and oxygen atoms in total. The summed E-state index contributed by atoms with van der Waals surface area (Å²) in [4.78, 5) is 5.61. The number of nitrogens with two attached hydrogens (primary N) is 1. The normalized spacial score (nSPS) is 11.2. The molecule has 0 aliphatic heterocycles. The third-order valence-electron chi connectivity index (χ3n) is 3.19. The molecular weight excluding hydrogens is 282 g/mol. The second-order valence-corrected chi connectivity index (χ2v) is 7.00. The van der Waals surface area contributed by atoms with Crippen molar-refractivity contribution in [1.82, 2.24) is 4.98 Å². The van der Waals surface area contributed by atoms with E-state index in [2.05, 4.69) is 31.8 Å². The molecule has 0 aliphatic rings. The lowest BCUT2D eigenvalue weighted by molar-refractivity contribution is 0.410. The van der Waals surface area contributed by atoms with Crippen LogP contribution < -0.4 is 10.5 Å². The summed E-state index contributed by atoms with van der Waals surface area (Å²) < 4.78 is 5.39. The number of benzene rings is 1. The molecule has 0 radical (unpaired) electrons. The molecule has 1 heterocycles. The summed E-state index contributed by atoms with van der Waals surface area (Å²) in [6, 6.07) is 7.62. The van der Waals surface area contributed by atoms with Gasteiger partial charge < -0.3 is 10.5 Å². The van der Waals surface area contributed by atoms with Crippen LogP contribution in [0.5, 0.6) is 5.75 Å². The van der Waals surface area contributed by atoms with Gasteiger partial charge in [0.25, 0.3) is 0 Å². The second kappa shape index (κ2) is 5.74. The molecule has 0 spiro atoms. The Labute approximate surface area is 129 Å². The number of rotatable bonds is 3. The van der Waals surface area contributed by atoms with Gasteiger partial charge in [-0.3, -0.25) is 0 Å². The molecule has 1 aromatic carbocycles. The Hall–Kier alpha value is -2.06. The van der Waals surface area contributed by atoms with Crippen molar-refractivity contribution in [2.45, 2.75) is 32.6 Å². The van der Waals surface area contributed by atoms with E-state index in [9.17, 15) is 0 Å². The van der Waals surface area contributed by atoms with Crippen molar-refractivity contribution >= 4 is 16.5 Å². The van der Waals surface area contributed by atoms with E-state index in [0.717, 1.165) is 21.9 Å². The number of anilines is 1. The molecule has 0 saturated carbocycles. The van der Waals surface area contributed by atoms with Crippen molar-refractivity contribution in [3.8, 4) is 11.8 Å². The Morgan fingerprint density at radius 2 is 2.10 bits per heavy atom. The van der Waals surface area contributed by atoms with Crippen LogP contribution in [-0.4, -0.2) is 12.1 Å². The van der Waals surface area contributed by atoms with Crippen LogP contribution >= 0.6 is 11.3 Å². The summed E-state index contributed by atoms with van der Waals surface area (Å²) in [5.41, 5.74) is 8.48. The number of nitrogen functional groups attached to an aromatic ring is 1. The smallest absolute Gasteiger partial charge is 0.180 e. The van der Waals surface area contributed by atoms with E-state index in [4.69, 9.17) is 15.7 Å². The van der Waals surface area contributed by atoms with Crippen molar-refractivity contribution < 1.29 is 4.74 Å². The van der Waals surface area contributed by atoms with Crippen molar-refractivity contribution in [1.29, 1.82) is 5.26 Å². The Balaban J connectivity index is 2.42. The first kappa shape index (κ1) is 15.3. The van der Waals surface area contributed by atoms with Crippen molar-refractivity contribution in [2.75, 3.05) is 12.8 Å². The van der Waals surface area contributed by atoms with Gasteiger partial charge in [-0.2, -0.15) is 5.26 Å². The summed E-state index contributed by atoms with van der Waals surface area (Å²) in [6.45, 7) is 6.38. The average molecular weight is 301 g/mol. The third-order valence-corrected chi connectivity index (χ3v) is 4.08. The first-order chi connectivity index (χ1) is 9.85. The summed E-state index contributed by atoms with van der Waals surface area (Å²) in [5, 5.41) is 9.55. The minimum atomic E-state index is -0.0523. The van der Waals surface area contributed by atoms with Crippen LogP contribution in [0.3, 0.4) is 0 Å². The molecule has 2 N–H and O–H groups in total. The molecule has 0 atom stereocenters. The molecule has 110 valence electrons. The molecule has 5 heteroatoms. The fourth-order valence-electron chi connectivity index (χ4n) is 2.21. The Morgan fingerprint density at radius 1 is 1.38 bits per heavy atom. The molecule has 0 aliphatic carbocycles. The number of ether oxygens (including phenoxy) is 1. The maximum atomic E-state index is 8.96. The summed E-state index contributed by atoms with van der Waals surface area (Å²) in [7, 11) is 1.62. The number of hydrogen-bond acceptors (Lipinski definition) is 5. The average Bonchev–Trinajstić information content (AvgIpc) is 2.80. The summed E-state index contributed by atoms with van der Waals surface area (Å²) >= 11 is 1.51. The van der Waals surface area contributed by atoms with E-state index in [-0.39, 0.29) is 5.41 Å². The van der Waals surface area contributed by atoms with Crippen LogP contribution in [0.2, 0.25) is 0 Å². The summed E-state index contributed by atoms with van der Waals surface area (Å²) in [6.07, 6.45) is 0.705. The SMILES string of the molecule is COc1cc(C#N)ccc1Cc1sc(N)nc1C(C)(C)C. The zero-order valence-corrected chi connectivity index (χ0v) is 13.5. The van der Waals surface area contributed by atoms with Gasteiger partial charge in [0, 0.05) is 16.7 Å². The van der Waals surface area contributed by atoms with E-state index in [1.165, 1.54) is 11.3 Å². The third kappa shape index (κ3) is 3.34. The molecule has 0 unspecified atom stereocenters. The molecular formula is C16H19N3OS. The molecule has 0 bridgehead atoms. The molecule has 21 heavy (non-hydrogen) atoms. The van der Waals surface area contributed by atoms with Crippen molar-refractivity contribution in [3.05, 3.63) is 39.9 Å². The van der Waals surface area contributed by atoms with E-state index >= 15 is 0 Å². The highest BCUT2D eigenvalue weighted by Crippen LogP contribution is 2.34. The first-order valence-electron chi connectivity index (χ1n) is 6.68. The molecule has 0 saturated heterocycles. The molecule has 2 rings (SSSR count). The van der Waals surface area contributed by atoms with E-state index in [1.54, 1.807) is 19.2 Å². The largest absolute Gasteiger partial charge is 0.496 e. The Kier molecular flexibility index (Phi) is 4.19. The Morgan fingerprint density at radius 3 is 2.67 bits per heavy atom. The van der Waals surface area contributed by atoms with Crippen LogP contribution in [0, 0.1) is 11.3 Å². The van der Waals surface area contributed by atoms with Gasteiger partial charge in [-0.05, 0) is 17.7 Å². The number of hydrogen-bond donors (Lipinski definition) is 1. The van der Waals surface area contributed by atoms with Crippen LogP contribution in [0.4, 0.5) is 5.13 Å². The first-order valence-corrected chi connectivity index (χ1v) is 7.49. The highest BCUT2D eigenvalue weighted by Gasteiger charge is 2.23. The quantitative estimate of drug-likeness (QED) is 0.942. The molecule has 2 aromatic rings. The monoisotopic (exact) mass is 301 g/mol. The van der Waals surface area contributed by atoms with Crippen LogP contribution in [0.1, 0.15) is 42.5 Å². The molecule has 1 aromatic heterocycles. The predicted molar refractivity (Wildman–Crippen MR) is 85.7 cm³/mol. The molecule has 0 amide bonds. The van der Waals surface area contributed by atoms with Gasteiger partial charge in [-0.25, -0.2) is 4.98 Å². The van der Waals surface area contributed by atoms with Gasteiger partial charge in [0.15, 0.2) is 5.13 Å². The van der Waals surface area contributed by atoms with Crippen LogP contribution in [0.15, 0.2) is 18.2 Å². The topological polar surface area (TPSA) is 71.9 Å². The van der Waals surface area contributed by atoms with E-state index < -0.39 is 0 Å². The lowest BCUT2D eigenvalue weighted by Gasteiger charge is -2.18. The van der Waals surface area contributed by atoms with Gasteiger partial charge in [0.1, 0.15) is 5.75 Å². The highest BCUT2D eigenvalue weighted by molar-refractivity contribution is 7.15. The van der Waals surface area contributed by atoms with E-state index in [0.29, 0.717) is 17.1 Å². The zero-order valence-electron chi connectivity index (χ0n) is 12.7. The van der Waals surface area contributed by atoms with Crippen LogP contribution in [-0.2, 0) is 11.8 Å². The van der Waals surface area contributed by atoms with Crippen LogP contribution in [0.25, 0.3) is 0 Å². The Bertz CT molecular complexity index is 693. The highest BCUT2D eigenvalue weighted by atomic mass is 32.1. The number of nitriles is 1. The number of nitrogens with zero attached hydrogens (tertiary/aromatic N) is 2. The fraction of sp³-hybridized carbons (Fsp3) is 0.375. The van der Waals surface area contributed by atoms with Gasteiger partial charge >= 0.3 is 0 Å². The van der Waals surface area contributed by atoms with Gasteiger partial charge in [-0.15, -0.1) is 11.3 Å². The van der Waals surface area contributed by atoms with Crippen molar-refractivity contribution in [3.63, 3.8) is 0 Å². The molecule has 0 fully saturated rings. The minimum absolute atomic E-state index is 0.0523. The van der Waals surface area contributed by atoms with Gasteiger partial charge in [0.05, 0.1) is 24.4 Å². The lowest BCUT2D eigenvalue weighted by atomic mass is 9.90.